The van der Waals surface area contributed by atoms with E-state index in [-0.39, 0.29) is 5.92 Å². The van der Waals surface area contributed by atoms with Gasteiger partial charge in [-0.05, 0) is 60.3 Å². The number of nitrogens with one attached hydrogen (secondary N) is 1. The lowest BCUT2D eigenvalue weighted by molar-refractivity contribution is -0.00631. The summed E-state index contributed by atoms with van der Waals surface area (Å²) in [6.07, 6.45) is 1.64. The zero-order valence-electron chi connectivity index (χ0n) is 17.0. The molecule has 3 nitrogen and oxygen atoms in total. The highest BCUT2D eigenvalue weighted by Crippen LogP contribution is 2.42. The molecule has 0 aliphatic carbocycles. The summed E-state index contributed by atoms with van der Waals surface area (Å²) in [6.45, 7) is 1.51. The zero-order chi connectivity index (χ0) is 21.8. The molecule has 3 aromatic rings. The number of rotatable bonds is 4. The van der Waals surface area contributed by atoms with E-state index >= 15 is 0 Å². The van der Waals surface area contributed by atoms with E-state index in [9.17, 15) is 5.11 Å². The number of likely N-dealkylation sites (tertiary alicyclic amines) is 1. The van der Waals surface area contributed by atoms with Gasteiger partial charge in [0.05, 0.1) is 0 Å². The van der Waals surface area contributed by atoms with E-state index in [1.54, 1.807) is 18.2 Å². The van der Waals surface area contributed by atoms with Crippen LogP contribution in [0.5, 0.6) is 0 Å². The second-order valence-corrected chi connectivity index (χ2v) is 9.11. The van der Waals surface area contributed by atoms with E-state index in [0.717, 1.165) is 42.7 Å². The Balaban J connectivity index is 1.50. The van der Waals surface area contributed by atoms with E-state index in [2.05, 4.69) is 10.2 Å². The normalized spacial score (nSPS) is 15.0. The van der Waals surface area contributed by atoms with Gasteiger partial charge in [-0.1, -0.05) is 83.9 Å². The van der Waals surface area contributed by atoms with Gasteiger partial charge >= 0.3 is 0 Å². The van der Waals surface area contributed by atoms with Crippen LogP contribution in [0.3, 0.4) is 0 Å². The van der Waals surface area contributed by atoms with Crippen molar-refractivity contribution in [3.63, 3.8) is 0 Å². The monoisotopic (exact) mass is 470 g/mol. The van der Waals surface area contributed by atoms with E-state index in [0.29, 0.717) is 15.2 Å². The second-order valence-electron chi connectivity index (χ2n) is 7.85. The molecule has 1 fully saturated rings. The average Bonchev–Trinajstić information content (AvgIpc) is 2.79. The number of halogens is 2. The lowest BCUT2D eigenvalue weighted by Gasteiger charge is -2.43. The molecule has 1 heterocycles. The van der Waals surface area contributed by atoms with Crippen LogP contribution in [0, 0.1) is 5.92 Å². The third-order valence-corrected chi connectivity index (χ3v) is 6.71. The van der Waals surface area contributed by atoms with Crippen LogP contribution in [0.4, 0.5) is 5.69 Å². The maximum atomic E-state index is 12.0. The van der Waals surface area contributed by atoms with Crippen molar-refractivity contribution in [2.45, 2.75) is 18.4 Å². The molecule has 1 aliphatic heterocycles. The van der Waals surface area contributed by atoms with E-state index in [1.165, 1.54) is 0 Å². The summed E-state index contributed by atoms with van der Waals surface area (Å²) in [6, 6.07) is 25.2. The van der Waals surface area contributed by atoms with Crippen LogP contribution >= 0.6 is 35.4 Å². The zero-order valence-corrected chi connectivity index (χ0v) is 19.3. The molecule has 6 heteroatoms. The highest BCUT2D eigenvalue weighted by Gasteiger charge is 2.41. The van der Waals surface area contributed by atoms with Gasteiger partial charge in [0.1, 0.15) is 5.60 Å². The van der Waals surface area contributed by atoms with Crippen LogP contribution in [0.2, 0.25) is 10.0 Å². The van der Waals surface area contributed by atoms with Crippen molar-refractivity contribution in [2.75, 3.05) is 18.4 Å². The largest absolute Gasteiger partial charge is 0.380 e. The minimum absolute atomic E-state index is 0.0805. The van der Waals surface area contributed by atoms with Gasteiger partial charge in [-0.15, -0.1) is 0 Å². The van der Waals surface area contributed by atoms with Gasteiger partial charge < -0.3 is 15.3 Å². The molecule has 1 saturated heterocycles. The van der Waals surface area contributed by atoms with Crippen LogP contribution < -0.4 is 5.32 Å². The first-order valence-electron chi connectivity index (χ1n) is 10.3. The third-order valence-electron chi connectivity index (χ3n) is 5.91. The maximum Gasteiger partial charge on any atom is 0.173 e. The Hall–Kier alpha value is -2.11. The molecule has 160 valence electrons. The van der Waals surface area contributed by atoms with Crippen molar-refractivity contribution < 1.29 is 5.11 Å². The van der Waals surface area contributed by atoms with E-state index < -0.39 is 5.60 Å². The van der Waals surface area contributed by atoms with E-state index in [4.69, 9.17) is 35.4 Å². The third kappa shape index (κ3) is 4.88. The molecular formula is C25H24Cl2N2OS. The van der Waals surface area contributed by atoms with Crippen LogP contribution in [0.15, 0.2) is 78.9 Å². The van der Waals surface area contributed by atoms with Crippen molar-refractivity contribution in [2.24, 2.45) is 5.92 Å². The predicted molar refractivity (Wildman–Crippen MR) is 133 cm³/mol. The summed E-state index contributed by atoms with van der Waals surface area (Å²) in [5.74, 6) is 0.0805. The first-order chi connectivity index (χ1) is 15.0. The fourth-order valence-corrected chi connectivity index (χ4v) is 5.18. The Morgan fingerprint density at radius 1 is 0.871 bits per heavy atom. The van der Waals surface area contributed by atoms with Gasteiger partial charge in [0, 0.05) is 28.8 Å². The quantitative estimate of drug-likeness (QED) is 0.436. The van der Waals surface area contributed by atoms with Crippen LogP contribution in [-0.2, 0) is 5.60 Å². The molecular weight excluding hydrogens is 447 g/mol. The number of hydrogen-bond acceptors (Lipinski definition) is 2. The number of benzene rings is 3. The summed E-state index contributed by atoms with van der Waals surface area (Å²) < 4.78 is 0. The molecule has 0 saturated carbocycles. The van der Waals surface area contributed by atoms with E-state index in [1.807, 2.05) is 60.7 Å². The fourth-order valence-electron chi connectivity index (χ4n) is 4.35. The first kappa shape index (κ1) is 22.1. The summed E-state index contributed by atoms with van der Waals surface area (Å²) in [4.78, 5) is 2.14. The summed E-state index contributed by atoms with van der Waals surface area (Å²) in [5.41, 5.74) is 1.59. The predicted octanol–water partition coefficient (Wildman–Crippen LogP) is 6.34. The maximum absolute atomic E-state index is 12.0. The number of nitrogens with zero attached hydrogens (tertiary/aromatic N) is 1. The molecule has 1 aliphatic rings. The molecule has 0 atom stereocenters. The molecule has 3 aromatic carbocycles. The minimum atomic E-state index is -1.04. The Morgan fingerprint density at radius 2 is 1.35 bits per heavy atom. The van der Waals surface area contributed by atoms with Crippen molar-refractivity contribution in [1.29, 1.82) is 0 Å². The number of anilines is 1. The number of thiocarbonyl (C=S) groups is 1. The minimum Gasteiger partial charge on any atom is -0.380 e. The van der Waals surface area contributed by atoms with Crippen molar-refractivity contribution >= 4 is 46.2 Å². The van der Waals surface area contributed by atoms with Gasteiger partial charge in [0.25, 0.3) is 0 Å². The Kier molecular flexibility index (Phi) is 6.83. The average molecular weight is 471 g/mol. The van der Waals surface area contributed by atoms with Gasteiger partial charge in [0.15, 0.2) is 5.11 Å². The second kappa shape index (κ2) is 9.58. The van der Waals surface area contributed by atoms with Gasteiger partial charge in [-0.2, -0.15) is 0 Å². The Bertz CT molecular complexity index is 978. The Labute approximate surface area is 198 Å². The molecule has 0 amide bonds. The highest BCUT2D eigenvalue weighted by atomic mass is 35.5. The first-order valence-corrected chi connectivity index (χ1v) is 11.5. The number of aliphatic hydroxyl groups is 1. The van der Waals surface area contributed by atoms with Gasteiger partial charge in [-0.3, -0.25) is 0 Å². The molecule has 31 heavy (non-hydrogen) atoms. The summed E-state index contributed by atoms with van der Waals surface area (Å²) >= 11 is 17.8. The van der Waals surface area contributed by atoms with Crippen molar-refractivity contribution in [3.05, 3.63) is 100 Å². The van der Waals surface area contributed by atoms with Crippen molar-refractivity contribution in [3.8, 4) is 0 Å². The lowest BCUT2D eigenvalue weighted by atomic mass is 9.72. The van der Waals surface area contributed by atoms with Crippen LogP contribution in [-0.4, -0.2) is 28.2 Å². The lowest BCUT2D eigenvalue weighted by Crippen LogP contribution is -2.47. The molecule has 2 N–H and O–H groups in total. The topological polar surface area (TPSA) is 35.5 Å². The van der Waals surface area contributed by atoms with Crippen LogP contribution in [0.1, 0.15) is 24.0 Å². The van der Waals surface area contributed by atoms with Crippen molar-refractivity contribution in [1.82, 2.24) is 4.90 Å². The molecule has 0 unspecified atom stereocenters. The molecule has 4 rings (SSSR count). The van der Waals surface area contributed by atoms with Crippen LogP contribution in [0.25, 0.3) is 0 Å². The summed E-state index contributed by atoms with van der Waals surface area (Å²) in [5, 5.41) is 17.0. The molecule has 0 aromatic heterocycles. The summed E-state index contributed by atoms with van der Waals surface area (Å²) in [7, 11) is 0. The number of hydrogen-bond donors (Lipinski definition) is 2. The molecule has 0 radical (unpaired) electrons. The molecule has 0 spiro atoms. The smallest absolute Gasteiger partial charge is 0.173 e. The highest BCUT2D eigenvalue weighted by molar-refractivity contribution is 7.80. The Morgan fingerprint density at radius 3 is 1.84 bits per heavy atom. The van der Waals surface area contributed by atoms with Gasteiger partial charge in [-0.25, -0.2) is 0 Å². The standard InChI is InChI=1S/C25H24Cl2N2OS/c26-21-15-22(27)17-23(16-21)28-24(31)29-13-11-20(12-14-29)25(30,18-7-3-1-4-8-18)19-9-5-2-6-10-19/h1-10,15-17,20,30H,11-14H2,(H,28,31). The fraction of sp³-hybridized carbons (Fsp3) is 0.240. The SMILES string of the molecule is OC(c1ccccc1)(c1ccccc1)C1CCN(C(=S)Nc2cc(Cl)cc(Cl)c2)CC1. The number of piperidine rings is 1. The van der Waals surface area contributed by atoms with Gasteiger partial charge in [0.2, 0.25) is 0 Å². The molecule has 0 bridgehead atoms.